The number of sulfonamides is 1. The first-order valence-corrected chi connectivity index (χ1v) is 9.74. The fourth-order valence-electron chi connectivity index (χ4n) is 2.79. The maximum atomic E-state index is 12.2. The Morgan fingerprint density at radius 3 is 2.46 bits per heavy atom. The number of guanidine groups is 1. The first-order chi connectivity index (χ1) is 11.2. The third-order valence-corrected chi connectivity index (χ3v) is 5.70. The predicted octanol–water partition coefficient (Wildman–Crippen LogP) is 1.58. The lowest BCUT2D eigenvalue weighted by Gasteiger charge is -2.23. The van der Waals surface area contributed by atoms with Crippen LogP contribution in [0.4, 0.5) is 0 Å². The van der Waals surface area contributed by atoms with E-state index in [4.69, 9.17) is 0 Å². The number of aliphatic imine (C=N–C) groups is 1. The van der Waals surface area contributed by atoms with E-state index in [9.17, 15) is 8.42 Å². The molecule has 0 atom stereocenters. The highest BCUT2D eigenvalue weighted by Gasteiger charge is 2.30. The van der Waals surface area contributed by atoms with E-state index in [-0.39, 0.29) is 0 Å². The molecule has 0 amide bonds. The van der Waals surface area contributed by atoms with Crippen LogP contribution >= 0.6 is 0 Å². The molecule has 0 bridgehead atoms. The summed E-state index contributed by atoms with van der Waals surface area (Å²) in [5.41, 5.74) is 1.33. The minimum absolute atomic E-state index is 0.291. The first-order valence-electron chi connectivity index (χ1n) is 8.25. The number of likely N-dealkylation sites (tertiary alicyclic amines) is 1. The van der Waals surface area contributed by atoms with Gasteiger partial charge in [0.2, 0.25) is 10.0 Å². The summed E-state index contributed by atoms with van der Waals surface area (Å²) >= 11 is 0. The summed E-state index contributed by atoms with van der Waals surface area (Å²) in [5, 5.41) is 3.23. The topological polar surface area (TPSA) is 73.8 Å². The van der Waals surface area contributed by atoms with Crippen LogP contribution in [-0.2, 0) is 10.0 Å². The first kappa shape index (κ1) is 18.7. The second-order valence-corrected chi connectivity index (χ2v) is 8.79. The molecule has 1 aliphatic heterocycles. The molecule has 7 heteroatoms. The number of hydrogen-bond acceptors (Lipinski definition) is 3. The second-order valence-electron chi connectivity index (χ2n) is 7.02. The molecule has 0 saturated carbocycles. The molecule has 2 N–H and O–H groups in total. The molecule has 134 valence electrons. The smallest absolute Gasteiger partial charge is 0.240 e. The van der Waals surface area contributed by atoms with Crippen LogP contribution in [0.1, 0.15) is 25.8 Å². The van der Waals surface area contributed by atoms with Crippen LogP contribution in [0.3, 0.4) is 0 Å². The van der Waals surface area contributed by atoms with Gasteiger partial charge in [0, 0.05) is 33.2 Å². The summed E-state index contributed by atoms with van der Waals surface area (Å²) in [7, 11) is -1.71. The fraction of sp³-hybridized carbons (Fsp3) is 0.588. The van der Waals surface area contributed by atoms with Gasteiger partial charge in [-0.05, 0) is 30.9 Å². The zero-order valence-electron chi connectivity index (χ0n) is 15.0. The molecule has 1 aromatic carbocycles. The summed E-state index contributed by atoms with van der Waals surface area (Å²) in [6, 6.07) is 6.83. The maximum Gasteiger partial charge on any atom is 0.240 e. The van der Waals surface area contributed by atoms with Gasteiger partial charge in [0.25, 0.3) is 0 Å². The van der Waals surface area contributed by atoms with Crippen molar-refractivity contribution in [3.05, 3.63) is 29.8 Å². The van der Waals surface area contributed by atoms with E-state index in [0.29, 0.717) is 23.4 Å². The molecule has 1 aliphatic rings. The lowest BCUT2D eigenvalue weighted by atomic mass is 9.93. The van der Waals surface area contributed by atoms with E-state index < -0.39 is 10.0 Å². The Kier molecular flexibility index (Phi) is 5.87. The molecule has 0 spiro atoms. The van der Waals surface area contributed by atoms with Gasteiger partial charge in [0.1, 0.15) is 0 Å². The zero-order valence-corrected chi connectivity index (χ0v) is 15.8. The van der Waals surface area contributed by atoms with Gasteiger partial charge in [-0.1, -0.05) is 31.5 Å². The van der Waals surface area contributed by atoms with Crippen LogP contribution in [0.15, 0.2) is 34.2 Å². The number of rotatable bonds is 5. The highest BCUT2D eigenvalue weighted by molar-refractivity contribution is 7.89. The molecule has 2 rings (SSSR count). The van der Waals surface area contributed by atoms with Crippen molar-refractivity contribution in [2.24, 2.45) is 10.4 Å². The van der Waals surface area contributed by atoms with Gasteiger partial charge in [-0.15, -0.1) is 0 Å². The number of aryl methyl sites for hydroxylation is 1. The van der Waals surface area contributed by atoms with Crippen molar-refractivity contribution in [2.45, 2.75) is 32.1 Å². The molecule has 0 unspecified atom stereocenters. The third kappa shape index (κ3) is 4.95. The minimum atomic E-state index is -3.46. The summed E-state index contributed by atoms with van der Waals surface area (Å²) in [5.74, 6) is 0.829. The fourth-order valence-corrected chi connectivity index (χ4v) is 3.82. The molecule has 1 heterocycles. The van der Waals surface area contributed by atoms with Crippen molar-refractivity contribution in [1.29, 1.82) is 0 Å². The van der Waals surface area contributed by atoms with Crippen LogP contribution < -0.4 is 10.0 Å². The molecule has 1 saturated heterocycles. The van der Waals surface area contributed by atoms with Gasteiger partial charge in [0.15, 0.2) is 5.96 Å². The lowest BCUT2D eigenvalue weighted by molar-refractivity contribution is 0.370. The molecule has 24 heavy (non-hydrogen) atoms. The normalized spacial score (nSPS) is 18.0. The number of nitrogens with one attached hydrogen (secondary N) is 2. The average Bonchev–Trinajstić information content (AvgIpc) is 2.87. The van der Waals surface area contributed by atoms with Crippen molar-refractivity contribution in [1.82, 2.24) is 14.9 Å². The zero-order chi connectivity index (χ0) is 17.8. The second kappa shape index (κ2) is 7.53. The van der Waals surface area contributed by atoms with E-state index in [1.165, 1.54) is 0 Å². The third-order valence-electron chi connectivity index (χ3n) is 4.22. The number of nitrogens with zero attached hydrogens (tertiary/aromatic N) is 2. The Bertz CT molecular complexity index is 681. The number of benzene rings is 1. The molecule has 1 fully saturated rings. The van der Waals surface area contributed by atoms with Crippen LogP contribution in [0.5, 0.6) is 0 Å². The largest absolute Gasteiger partial charge is 0.355 e. The van der Waals surface area contributed by atoms with Crippen molar-refractivity contribution in [3.63, 3.8) is 0 Å². The molecule has 0 aliphatic carbocycles. The van der Waals surface area contributed by atoms with Crippen molar-refractivity contribution < 1.29 is 8.42 Å². The molecular formula is C17H28N4O2S. The van der Waals surface area contributed by atoms with Crippen molar-refractivity contribution in [2.75, 3.05) is 33.2 Å². The standard InChI is InChI=1S/C17H28N4O2S/c1-14-5-7-15(8-6-14)24(22,23)20-11-10-19-16(18-4)21-12-9-17(2,3)13-21/h5-8,20H,9-13H2,1-4H3,(H,18,19). The Morgan fingerprint density at radius 2 is 1.92 bits per heavy atom. The van der Waals surface area contributed by atoms with Gasteiger partial charge in [-0.3, -0.25) is 4.99 Å². The Balaban J connectivity index is 1.82. The van der Waals surface area contributed by atoms with E-state index in [1.807, 2.05) is 6.92 Å². The Labute approximate surface area is 145 Å². The van der Waals surface area contributed by atoms with Gasteiger partial charge in [-0.2, -0.15) is 0 Å². The van der Waals surface area contributed by atoms with Gasteiger partial charge in [0.05, 0.1) is 4.90 Å². The van der Waals surface area contributed by atoms with E-state index in [0.717, 1.165) is 31.0 Å². The Morgan fingerprint density at radius 1 is 1.25 bits per heavy atom. The predicted molar refractivity (Wildman–Crippen MR) is 97.7 cm³/mol. The molecule has 1 aromatic rings. The van der Waals surface area contributed by atoms with Gasteiger partial charge in [-0.25, -0.2) is 13.1 Å². The summed E-state index contributed by atoms with van der Waals surface area (Å²) in [6.45, 7) is 9.16. The van der Waals surface area contributed by atoms with Gasteiger partial charge < -0.3 is 10.2 Å². The number of hydrogen-bond donors (Lipinski definition) is 2. The van der Waals surface area contributed by atoms with E-state index in [1.54, 1.807) is 31.3 Å². The molecular weight excluding hydrogens is 324 g/mol. The molecule has 0 radical (unpaired) electrons. The minimum Gasteiger partial charge on any atom is -0.355 e. The van der Waals surface area contributed by atoms with Crippen LogP contribution in [-0.4, -0.2) is 52.5 Å². The Hall–Kier alpha value is -1.60. The van der Waals surface area contributed by atoms with Crippen molar-refractivity contribution in [3.8, 4) is 0 Å². The lowest BCUT2D eigenvalue weighted by Crippen LogP contribution is -2.43. The monoisotopic (exact) mass is 352 g/mol. The molecule has 0 aromatic heterocycles. The summed E-state index contributed by atoms with van der Waals surface area (Å²) in [4.78, 5) is 6.80. The summed E-state index contributed by atoms with van der Waals surface area (Å²) < 4.78 is 27.1. The highest BCUT2D eigenvalue weighted by Crippen LogP contribution is 2.28. The summed E-state index contributed by atoms with van der Waals surface area (Å²) in [6.07, 6.45) is 1.13. The van der Waals surface area contributed by atoms with Crippen LogP contribution in [0, 0.1) is 12.3 Å². The average molecular weight is 353 g/mol. The quantitative estimate of drug-likeness (QED) is 0.479. The van der Waals surface area contributed by atoms with E-state index >= 15 is 0 Å². The maximum absolute atomic E-state index is 12.2. The van der Waals surface area contributed by atoms with Crippen LogP contribution in [0.25, 0.3) is 0 Å². The SMILES string of the molecule is CN=C(NCCNS(=O)(=O)c1ccc(C)cc1)N1CCC(C)(C)C1. The molecule has 6 nitrogen and oxygen atoms in total. The van der Waals surface area contributed by atoms with E-state index in [2.05, 4.69) is 33.8 Å². The van der Waals surface area contributed by atoms with Gasteiger partial charge >= 0.3 is 0 Å². The van der Waals surface area contributed by atoms with Crippen molar-refractivity contribution >= 4 is 16.0 Å². The van der Waals surface area contributed by atoms with Crippen LogP contribution in [0.2, 0.25) is 0 Å². The highest BCUT2D eigenvalue weighted by atomic mass is 32.2.